The van der Waals surface area contributed by atoms with Gasteiger partial charge in [0.15, 0.2) is 0 Å². The quantitative estimate of drug-likeness (QED) is 0.802. The molecule has 1 unspecified atom stereocenters. The van der Waals surface area contributed by atoms with E-state index in [0.717, 1.165) is 16.5 Å². The molecule has 1 heterocycles. The zero-order valence-electron chi connectivity index (χ0n) is 10.8. The lowest BCUT2D eigenvalue weighted by molar-refractivity contribution is -0.120. The van der Waals surface area contributed by atoms with Gasteiger partial charge in [-0.1, -0.05) is 12.1 Å². The van der Waals surface area contributed by atoms with Gasteiger partial charge < -0.3 is 9.47 Å². The van der Waals surface area contributed by atoms with E-state index in [9.17, 15) is 4.79 Å². The summed E-state index contributed by atoms with van der Waals surface area (Å²) in [6, 6.07) is 11.5. The van der Waals surface area contributed by atoms with Crippen molar-refractivity contribution in [3.8, 4) is 5.75 Å². The molecular weight excluding hydrogens is 256 g/mol. The molecule has 0 aromatic heterocycles. The first kappa shape index (κ1) is 12.3. The summed E-state index contributed by atoms with van der Waals surface area (Å²) < 4.78 is 10.2. The number of rotatable bonds is 3. The van der Waals surface area contributed by atoms with Crippen LogP contribution in [0.25, 0.3) is 10.8 Å². The number of benzene rings is 2. The molecule has 3 rings (SSSR count). The highest BCUT2D eigenvalue weighted by atomic mass is 16.5. The molecule has 0 aliphatic carbocycles. The van der Waals surface area contributed by atoms with E-state index in [1.54, 1.807) is 7.11 Å². The minimum atomic E-state index is -0.851. The first-order valence-electron chi connectivity index (χ1n) is 6.11. The summed E-state index contributed by atoms with van der Waals surface area (Å²) in [6.45, 7) is 0. The Labute approximate surface area is 115 Å². The lowest BCUT2D eigenvalue weighted by Gasteiger charge is -2.03. The number of fused-ring (bicyclic) bond motifs is 1. The molecule has 2 aromatic rings. The maximum absolute atomic E-state index is 11.3. The second kappa shape index (κ2) is 5.13. The molecule has 5 nitrogen and oxygen atoms in total. The van der Waals surface area contributed by atoms with E-state index in [1.165, 1.54) is 12.3 Å². The van der Waals surface area contributed by atoms with Crippen molar-refractivity contribution in [2.45, 2.75) is 6.23 Å². The number of ketones is 1. The Hall–Kier alpha value is -2.69. The molecule has 0 fully saturated rings. The van der Waals surface area contributed by atoms with Gasteiger partial charge in [0.05, 0.1) is 19.1 Å². The summed E-state index contributed by atoms with van der Waals surface area (Å²) in [5.74, 6) is 0.585. The number of ether oxygens (including phenoxy) is 2. The van der Waals surface area contributed by atoms with Gasteiger partial charge in [-0.25, -0.2) is 0 Å². The van der Waals surface area contributed by atoms with E-state index in [-0.39, 0.29) is 5.78 Å². The summed E-state index contributed by atoms with van der Waals surface area (Å²) in [6.07, 6.45) is 1.82. The first-order chi connectivity index (χ1) is 9.76. The predicted octanol–water partition coefficient (Wildman–Crippen LogP) is 3.37. The summed E-state index contributed by atoms with van der Waals surface area (Å²) in [7, 11) is 1.63. The Balaban J connectivity index is 1.88. The van der Waals surface area contributed by atoms with Crippen molar-refractivity contribution in [2.24, 2.45) is 10.2 Å². The Morgan fingerprint density at radius 1 is 1.15 bits per heavy atom. The molecule has 0 N–H and O–H groups in total. The van der Waals surface area contributed by atoms with Crippen LogP contribution in [0.1, 0.15) is 0 Å². The van der Waals surface area contributed by atoms with Gasteiger partial charge in [-0.05, 0) is 35.0 Å². The zero-order valence-corrected chi connectivity index (χ0v) is 10.8. The summed E-state index contributed by atoms with van der Waals surface area (Å²) in [5.41, 5.74) is 0.661. The highest BCUT2D eigenvalue weighted by molar-refractivity contribution is 5.94. The number of carbonyl (C=O) groups is 1. The highest BCUT2D eigenvalue weighted by Crippen LogP contribution is 2.25. The molecule has 1 aliphatic heterocycles. The monoisotopic (exact) mass is 268 g/mol. The Morgan fingerprint density at radius 2 is 2.00 bits per heavy atom. The normalized spacial score (nSPS) is 17.9. The predicted molar refractivity (Wildman–Crippen MR) is 74.0 cm³/mol. The maximum atomic E-state index is 11.3. The summed E-state index contributed by atoms with van der Waals surface area (Å²) >= 11 is 0. The largest absolute Gasteiger partial charge is 0.497 e. The van der Waals surface area contributed by atoms with Gasteiger partial charge in [0.2, 0.25) is 5.78 Å². The first-order valence-corrected chi connectivity index (χ1v) is 6.11. The fourth-order valence-electron chi connectivity index (χ4n) is 1.93. The minimum Gasteiger partial charge on any atom is -0.497 e. The standard InChI is InChI=1S/C15H12N2O3/c1-19-13-5-3-10-2-4-12(8-11(10)9-13)16-17-15-14(18)6-7-20-15/h2-9,15H,1H3. The fraction of sp³-hybridized carbons (Fsp3) is 0.133. The van der Waals surface area contributed by atoms with Crippen LogP contribution in [0, 0.1) is 0 Å². The van der Waals surface area contributed by atoms with Crippen LogP contribution in [0.2, 0.25) is 0 Å². The number of methoxy groups -OCH3 is 1. The van der Waals surface area contributed by atoms with E-state index < -0.39 is 6.23 Å². The third-order valence-electron chi connectivity index (χ3n) is 2.99. The molecule has 2 aromatic carbocycles. The smallest absolute Gasteiger partial charge is 0.270 e. The van der Waals surface area contributed by atoms with Crippen LogP contribution < -0.4 is 4.74 Å². The third-order valence-corrected chi connectivity index (χ3v) is 2.99. The number of hydrogen-bond acceptors (Lipinski definition) is 5. The molecule has 1 aliphatic rings. The van der Waals surface area contributed by atoms with Crippen LogP contribution in [0.5, 0.6) is 5.75 Å². The SMILES string of the molecule is COc1ccc2ccc(N=NC3OC=CC3=O)cc2c1. The lowest BCUT2D eigenvalue weighted by Crippen LogP contribution is -2.11. The molecule has 0 radical (unpaired) electrons. The van der Waals surface area contributed by atoms with Crippen molar-refractivity contribution >= 4 is 22.2 Å². The van der Waals surface area contributed by atoms with E-state index in [4.69, 9.17) is 9.47 Å². The van der Waals surface area contributed by atoms with Crippen LogP contribution >= 0.6 is 0 Å². The van der Waals surface area contributed by atoms with Crippen molar-refractivity contribution in [1.29, 1.82) is 0 Å². The van der Waals surface area contributed by atoms with Gasteiger partial charge >= 0.3 is 0 Å². The van der Waals surface area contributed by atoms with Gasteiger partial charge in [-0.3, -0.25) is 4.79 Å². The number of carbonyl (C=O) groups excluding carboxylic acids is 1. The second-order valence-electron chi connectivity index (χ2n) is 4.31. The van der Waals surface area contributed by atoms with Crippen molar-refractivity contribution in [3.63, 3.8) is 0 Å². The average Bonchev–Trinajstić information content (AvgIpc) is 2.89. The topological polar surface area (TPSA) is 60.3 Å². The van der Waals surface area contributed by atoms with Crippen LogP contribution in [0.3, 0.4) is 0 Å². The molecule has 20 heavy (non-hydrogen) atoms. The minimum absolute atomic E-state index is 0.198. The van der Waals surface area contributed by atoms with Crippen LogP contribution in [-0.4, -0.2) is 19.1 Å². The lowest BCUT2D eigenvalue weighted by atomic mass is 10.1. The Morgan fingerprint density at radius 3 is 2.75 bits per heavy atom. The molecule has 0 amide bonds. The molecule has 0 bridgehead atoms. The van der Waals surface area contributed by atoms with Crippen LogP contribution in [-0.2, 0) is 9.53 Å². The van der Waals surface area contributed by atoms with Gasteiger partial charge in [0.25, 0.3) is 6.23 Å². The van der Waals surface area contributed by atoms with E-state index in [0.29, 0.717) is 5.69 Å². The molecule has 1 atom stereocenters. The fourth-order valence-corrected chi connectivity index (χ4v) is 1.93. The molecule has 0 saturated carbocycles. The second-order valence-corrected chi connectivity index (χ2v) is 4.31. The Kier molecular flexibility index (Phi) is 3.16. The van der Waals surface area contributed by atoms with Crippen molar-refractivity contribution in [3.05, 3.63) is 48.7 Å². The maximum Gasteiger partial charge on any atom is 0.270 e. The highest BCUT2D eigenvalue weighted by Gasteiger charge is 2.20. The molecule has 100 valence electrons. The molecule has 0 saturated heterocycles. The number of hydrogen-bond donors (Lipinski definition) is 0. The van der Waals surface area contributed by atoms with E-state index in [2.05, 4.69) is 10.2 Å². The van der Waals surface area contributed by atoms with Crippen LogP contribution in [0.4, 0.5) is 5.69 Å². The Bertz CT molecular complexity index is 722. The average molecular weight is 268 g/mol. The van der Waals surface area contributed by atoms with Crippen molar-refractivity contribution < 1.29 is 14.3 Å². The molecule has 0 spiro atoms. The van der Waals surface area contributed by atoms with Crippen molar-refractivity contribution in [1.82, 2.24) is 0 Å². The van der Waals surface area contributed by atoms with Gasteiger partial charge in [0, 0.05) is 6.08 Å². The van der Waals surface area contributed by atoms with Crippen molar-refractivity contribution in [2.75, 3.05) is 7.11 Å². The number of azo groups is 1. The molecular formula is C15H12N2O3. The molecule has 5 heteroatoms. The van der Waals surface area contributed by atoms with Gasteiger partial charge in [0.1, 0.15) is 5.75 Å². The van der Waals surface area contributed by atoms with Gasteiger partial charge in [-0.15, -0.1) is 5.11 Å². The zero-order chi connectivity index (χ0) is 13.9. The van der Waals surface area contributed by atoms with E-state index >= 15 is 0 Å². The van der Waals surface area contributed by atoms with Crippen LogP contribution in [0.15, 0.2) is 59.0 Å². The van der Waals surface area contributed by atoms with Gasteiger partial charge in [-0.2, -0.15) is 5.11 Å². The van der Waals surface area contributed by atoms with E-state index in [1.807, 2.05) is 36.4 Å². The number of nitrogens with zero attached hydrogens (tertiary/aromatic N) is 2. The third kappa shape index (κ3) is 2.38. The summed E-state index contributed by atoms with van der Waals surface area (Å²) in [4.78, 5) is 11.3. The summed E-state index contributed by atoms with van der Waals surface area (Å²) in [5, 5.41) is 10.0.